The van der Waals surface area contributed by atoms with Crippen molar-refractivity contribution in [3.63, 3.8) is 0 Å². The van der Waals surface area contributed by atoms with Crippen molar-refractivity contribution in [3.05, 3.63) is 162 Å². The van der Waals surface area contributed by atoms with Gasteiger partial charge < -0.3 is 4.57 Å². The lowest BCUT2D eigenvalue weighted by molar-refractivity contribution is -0.382. The van der Waals surface area contributed by atoms with Crippen LogP contribution in [0.4, 0.5) is 5.69 Å². The van der Waals surface area contributed by atoms with E-state index in [2.05, 4.69) is 41.0 Å². The average Bonchev–Trinajstić information content (AvgIpc) is 3.72. The molecule has 0 saturated carbocycles. The molecule has 0 aliphatic heterocycles. The maximum atomic E-state index is 12.3. The van der Waals surface area contributed by atoms with Gasteiger partial charge in [-0.25, -0.2) is 15.0 Å². The van der Waals surface area contributed by atoms with E-state index in [-0.39, 0.29) is 10.6 Å². The molecule has 49 heavy (non-hydrogen) atoms. The fourth-order valence-corrected chi connectivity index (χ4v) is 7.69. The predicted octanol–water partition coefficient (Wildman–Crippen LogP) is 10.8. The van der Waals surface area contributed by atoms with Gasteiger partial charge in [-0.3, -0.25) is 10.1 Å². The molecule has 232 valence electrons. The van der Waals surface area contributed by atoms with E-state index in [9.17, 15) is 10.1 Å². The Hall–Kier alpha value is -6.51. The number of para-hydroxylation sites is 1. The number of hydrogen-bond donors (Lipinski definition) is 0. The van der Waals surface area contributed by atoms with E-state index < -0.39 is 0 Å². The van der Waals surface area contributed by atoms with Crippen LogP contribution < -0.4 is 0 Å². The minimum Gasteiger partial charge on any atom is -0.309 e. The van der Waals surface area contributed by atoms with Crippen LogP contribution in [0.3, 0.4) is 0 Å². The molecule has 9 aromatic rings. The van der Waals surface area contributed by atoms with Gasteiger partial charge in [-0.1, -0.05) is 109 Å². The van der Waals surface area contributed by atoms with Crippen LogP contribution in [0.5, 0.6) is 0 Å². The van der Waals surface area contributed by atoms with Crippen LogP contribution in [0.15, 0.2) is 152 Å². The number of thiophene rings is 1. The summed E-state index contributed by atoms with van der Waals surface area (Å²) < 4.78 is 3.13. The molecule has 0 spiro atoms. The van der Waals surface area contributed by atoms with Crippen LogP contribution >= 0.6 is 11.3 Å². The summed E-state index contributed by atoms with van der Waals surface area (Å²) in [6.45, 7) is 0. The van der Waals surface area contributed by atoms with Gasteiger partial charge in [0.25, 0.3) is 5.69 Å². The smallest absolute Gasteiger partial charge is 0.295 e. The summed E-state index contributed by atoms with van der Waals surface area (Å²) in [6.07, 6.45) is 0. The highest BCUT2D eigenvalue weighted by molar-refractivity contribution is 7.23. The number of fused-ring (bicyclic) bond motifs is 4. The Morgan fingerprint density at radius 2 is 1.08 bits per heavy atom. The maximum absolute atomic E-state index is 12.3. The summed E-state index contributed by atoms with van der Waals surface area (Å²) in [4.78, 5) is 27.4. The molecule has 0 aliphatic rings. The fourth-order valence-electron chi connectivity index (χ4n) is 6.52. The molecule has 7 nitrogen and oxygen atoms in total. The zero-order valence-electron chi connectivity index (χ0n) is 25.9. The van der Waals surface area contributed by atoms with Gasteiger partial charge in [0.05, 0.1) is 21.3 Å². The molecular formula is C41H25N5O2S. The minimum atomic E-state index is -0.263. The fraction of sp³-hybridized carbons (Fsp3) is 0. The van der Waals surface area contributed by atoms with Gasteiger partial charge in [0, 0.05) is 37.9 Å². The Bertz CT molecular complexity index is 2640. The number of aromatic nitrogens is 4. The topological polar surface area (TPSA) is 86.7 Å². The standard InChI is InChI=1S/C41H25N5O2S/c47-46(48)37-32-19-8-10-21-36(32)49-38(37)28-22-23-35-33(25-28)31-18-7-9-20-34(31)45(35)30-17-11-16-29(24-30)41-43-39(26-12-3-1-4-13-26)42-40(44-41)27-14-5-2-6-15-27/h1-25H. The van der Waals surface area contributed by atoms with Crippen molar-refractivity contribution >= 4 is 48.9 Å². The van der Waals surface area contributed by atoms with E-state index in [0.29, 0.717) is 27.7 Å². The highest BCUT2D eigenvalue weighted by atomic mass is 32.1. The van der Waals surface area contributed by atoms with Gasteiger partial charge >= 0.3 is 0 Å². The second-order valence-corrected chi connectivity index (χ2v) is 12.8. The van der Waals surface area contributed by atoms with E-state index >= 15 is 0 Å². The molecule has 6 aromatic carbocycles. The van der Waals surface area contributed by atoms with Crippen molar-refractivity contribution in [3.8, 4) is 50.3 Å². The van der Waals surface area contributed by atoms with Gasteiger partial charge in [0.15, 0.2) is 17.5 Å². The van der Waals surface area contributed by atoms with Crippen molar-refractivity contribution in [2.24, 2.45) is 0 Å². The molecule has 0 radical (unpaired) electrons. The molecule has 0 fully saturated rings. The molecular weight excluding hydrogens is 627 g/mol. The lowest BCUT2D eigenvalue weighted by Gasteiger charge is -2.11. The maximum Gasteiger partial charge on any atom is 0.295 e. The van der Waals surface area contributed by atoms with Gasteiger partial charge in [0.2, 0.25) is 0 Å². The summed E-state index contributed by atoms with van der Waals surface area (Å²) >= 11 is 1.45. The number of nitro groups is 1. The Balaban J connectivity index is 1.22. The van der Waals surface area contributed by atoms with Crippen LogP contribution in [-0.4, -0.2) is 24.4 Å². The Labute approximate surface area is 284 Å². The van der Waals surface area contributed by atoms with Gasteiger partial charge in [0.1, 0.15) is 4.88 Å². The van der Waals surface area contributed by atoms with Crippen molar-refractivity contribution in [2.75, 3.05) is 0 Å². The number of hydrogen-bond acceptors (Lipinski definition) is 6. The van der Waals surface area contributed by atoms with Crippen molar-refractivity contribution in [1.82, 2.24) is 19.5 Å². The Kier molecular flexibility index (Phi) is 6.81. The van der Waals surface area contributed by atoms with E-state index in [1.165, 1.54) is 11.3 Å². The van der Waals surface area contributed by atoms with Gasteiger partial charge in [-0.2, -0.15) is 0 Å². The highest BCUT2D eigenvalue weighted by Gasteiger charge is 2.24. The van der Waals surface area contributed by atoms with E-state index in [1.54, 1.807) is 0 Å². The number of rotatable bonds is 6. The summed E-state index contributed by atoms with van der Waals surface area (Å²) in [5, 5.41) is 15.0. The predicted molar refractivity (Wildman–Crippen MR) is 198 cm³/mol. The first-order chi connectivity index (χ1) is 24.1. The third kappa shape index (κ3) is 4.94. The first kappa shape index (κ1) is 28.7. The van der Waals surface area contributed by atoms with Crippen molar-refractivity contribution in [1.29, 1.82) is 0 Å². The molecule has 8 heteroatoms. The Morgan fingerprint density at radius 3 is 1.78 bits per heavy atom. The largest absolute Gasteiger partial charge is 0.309 e. The number of benzene rings is 6. The number of nitrogens with zero attached hydrogens (tertiary/aromatic N) is 5. The van der Waals surface area contributed by atoms with Crippen molar-refractivity contribution < 1.29 is 4.92 Å². The van der Waals surface area contributed by atoms with E-state index in [4.69, 9.17) is 15.0 Å². The van der Waals surface area contributed by atoms with Gasteiger partial charge in [-0.15, -0.1) is 11.3 Å². The third-order valence-electron chi connectivity index (χ3n) is 8.75. The molecule has 0 N–H and O–H groups in total. The van der Waals surface area contributed by atoms with Crippen LogP contribution in [0, 0.1) is 10.1 Å². The zero-order chi connectivity index (χ0) is 32.9. The quantitative estimate of drug-likeness (QED) is 0.132. The first-order valence-corrected chi connectivity index (χ1v) is 16.6. The lowest BCUT2D eigenvalue weighted by Crippen LogP contribution is -2.01. The van der Waals surface area contributed by atoms with E-state index in [0.717, 1.165) is 54.4 Å². The zero-order valence-corrected chi connectivity index (χ0v) is 26.7. The summed E-state index contributed by atoms with van der Waals surface area (Å²) in [7, 11) is 0. The van der Waals surface area contributed by atoms with Crippen LogP contribution in [-0.2, 0) is 0 Å². The second kappa shape index (κ2) is 11.6. The summed E-state index contributed by atoms with van der Waals surface area (Å²) in [5.74, 6) is 1.79. The Morgan fingerprint density at radius 1 is 0.510 bits per heavy atom. The molecule has 0 aliphatic carbocycles. The minimum absolute atomic E-state index is 0.151. The second-order valence-electron chi connectivity index (χ2n) is 11.7. The molecule has 0 amide bonds. The summed E-state index contributed by atoms with van der Waals surface area (Å²) in [5.41, 5.74) is 6.64. The molecule has 0 unspecified atom stereocenters. The van der Waals surface area contributed by atoms with Crippen LogP contribution in [0.2, 0.25) is 0 Å². The highest BCUT2D eigenvalue weighted by Crippen LogP contribution is 2.45. The SMILES string of the molecule is O=[N+]([O-])c1c(-c2ccc3c(c2)c2ccccc2n3-c2cccc(-c3nc(-c4ccccc4)nc(-c4ccccc4)n3)c2)sc2ccccc12. The average molecular weight is 652 g/mol. The first-order valence-electron chi connectivity index (χ1n) is 15.8. The molecule has 9 rings (SSSR count). The van der Waals surface area contributed by atoms with Crippen LogP contribution in [0.1, 0.15) is 0 Å². The molecule has 3 heterocycles. The molecule has 0 atom stereocenters. The van der Waals surface area contributed by atoms with Gasteiger partial charge in [-0.05, 0) is 48.0 Å². The molecule has 3 aromatic heterocycles. The third-order valence-corrected chi connectivity index (χ3v) is 9.96. The normalized spacial score (nSPS) is 11.4. The lowest BCUT2D eigenvalue weighted by atomic mass is 10.1. The van der Waals surface area contributed by atoms with E-state index in [1.807, 2.05) is 115 Å². The molecule has 0 saturated heterocycles. The summed E-state index contributed by atoms with van der Waals surface area (Å²) in [6, 6.07) is 50.0. The van der Waals surface area contributed by atoms with Crippen molar-refractivity contribution in [2.45, 2.75) is 0 Å². The molecule has 0 bridgehead atoms. The van der Waals surface area contributed by atoms with Crippen LogP contribution in [0.25, 0.3) is 82.2 Å². The monoisotopic (exact) mass is 651 g/mol.